The van der Waals surface area contributed by atoms with Crippen molar-refractivity contribution in [1.82, 2.24) is 4.98 Å². The summed E-state index contributed by atoms with van der Waals surface area (Å²) in [5, 5.41) is 10.7. The van der Waals surface area contributed by atoms with Gasteiger partial charge in [-0.05, 0) is 28.5 Å². The van der Waals surface area contributed by atoms with Gasteiger partial charge in [0.15, 0.2) is 14.7 Å². The van der Waals surface area contributed by atoms with Crippen LogP contribution in [0.25, 0.3) is 0 Å². The normalized spacial score (nSPS) is 11.4. The summed E-state index contributed by atoms with van der Waals surface area (Å²) in [5.74, 6) is -0.670. The quantitative estimate of drug-likeness (QED) is 0.442. The zero-order valence-electron chi connectivity index (χ0n) is 9.50. The molecule has 1 aromatic heterocycles. The number of hydrogen-bond acceptors (Lipinski definition) is 5. The maximum absolute atomic E-state index is 11.9. The second-order valence-electron chi connectivity index (χ2n) is 3.61. The van der Waals surface area contributed by atoms with Gasteiger partial charge < -0.3 is 10.1 Å². The lowest BCUT2D eigenvalue weighted by Gasteiger charge is -2.03. The van der Waals surface area contributed by atoms with E-state index in [-0.39, 0.29) is 10.6 Å². The lowest BCUT2D eigenvalue weighted by Crippen LogP contribution is -2.10. The molecule has 0 saturated carbocycles. The molecule has 0 aliphatic heterocycles. The van der Waals surface area contributed by atoms with Crippen LogP contribution in [0.15, 0.2) is 23.2 Å². The van der Waals surface area contributed by atoms with Crippen LogP contribution in [-0.2, 0) is 9.84 Å². The van der Waals surface area contributed by atoms with Crippen molar-refractivity contribution >= 4 is 15.7 Å². The van der Waals surface area contributed by atoms with Crippen LogP contribution in [-0.4, -0.2) is 24.1 Å². The molecule has 0 aliphatic carbocycles. The minimum absolute atomic E-state index is 0.0760. The van der Waals surface area contributed by atoms with E-state index in [0.717, 1.165) is 12.8 Å². The fourth-order valence-corrected chi connectivity index (χ4v) is 2.91. The second kappa shape index (κ2) is 5.72. The van der Waals surface area contributed by atoms with Crippen molar-refractivity contribution in [1.29, 1.82) is 0 Å². The van der Waals surface area contributed by atoms with Gasteiger partial charge in [-0.1, -0.05) is 19.8 Å². The Bertz CT molecular complexity index is 499. The molecule has 0 aromatic carbocycles. The number of pyridine rings is 1. The van der Waals surface area contributed by atoms with Crippen molar-refractivity contribution in [3.05, 3.63) is 28.4 Å². The van der Waals surface area contributed by atoms with Gasteiger partial charge in [-0.25, -0.2) is 8.42 Å². The van der Waals surface area contributed by atoms with Crippen LogP contribution in [0, 0.1) is 10.1 Å². The molecule has 0 fully saturated rings. The minimum Gasteiger partial charge on any atom is -0.358 e. The SMILES string of the molecule is CCCCCS(=O)(=O)c1cccnc1[N+](=O)[O-]. The third-order valence-corrected chi connectivity index (χ3v) is 4.09. The van der Waals surface area contributed by atoms with Crippen molar-refractivity contribution in [2.75, 3.05) is 5.75 Å². The zero-order chi connectivity index (χ0) is 12.9. The van der Waals surface area contributed by atoms with E-state index in [4.69, 9.17) is 0 Å². The molecule has 0 unspecified atom stereocenters. The molecular weight excluding hydrogens is 244 g/mol. The van der Waals surface area contributed by atoms with Crippen LogP contribution < -0.4 is 0 Å². The average Bonchev–Trinajstić information content (AvgIpc) is 2.29. The molecule has 0 spiro atoms. The van der Waals surface area contributed by atoms with E-state index in [2.05, 4.69) is 4.98 Å². The third kappa shape index (κ3) is 3.48. The number of nitrogens with zero attached hydrogens (tertiary/aromatic N) is 2. The minimum atomic E-state index is -3.61. The average molecular weight is 258 g/mol. The lowest BCUT2D eigenvalue weighted by molar-refractivity contribution is -0.392. The second-order valence-corrected chi connectivity index (χ2v) is 5.69. The molecule has 1 aromatic rings. The van der Waals surface area contributed by atoms with E-state index in [9.17, 15) is 18.5 Å². The molecule has 0 amide bonds. The highest BCUT2D eigenvalue weighted by atomic mass is 32.2. The molecule has 1 rings (SSSR count). The monoisotopic (exact) mass is 258 g/mol. The van der Waals surface area contributed by atoms with Gasteiger partial charge in [0.05, 0.1) is 5.75 Å². The summed E-state index contributed by atoms with van der Waals surface area (Å²) in [6.07, 6.45) is 3.39. The van der Waals surface area contributed by atoms with Crippen molar-refractivity contribution in [2.24, 2.45) is 0 Å². The summed E-state index contributed by atoms with van der Waals surface area (Å²) in [4.78, 5) is 13.1. The Morgan fingerprint density at radius 2 is 2.12 bits per heavy atom. The molecular formula is C10H14N2O4S. The molecule has 94 valence electrons. The largest absolute Gasteiger partial charge is 0.382 e. The van der Waals surface area contributed by atoms with Gasteiger partial charge in [-0.2, -0.15) is 0 Å². The fourth-order valence-electron chi connectivity index (χ4n) is 1.41. The Hall–Kier alpha value is -1.50. The van der Waals surface area contributed by atoms with Crippen LogP contribution in [0.2, 0.25) is 0 Å². The molecule has 0 atom stereocenters. The molecule has 0 bridgehead atoms. The Morgan fingerprint density at radius 3 is 2.71 bits per heavy atom. The van der Waals surface area contributed by atoms with E-state index in [0.29, 0.717) is 6.42 Å². The first-order chi connectivity index (χ1) is 7.99. The maximum Gasteiger partial charge on any atom is 0.382 e. The number of rotatable bonds is 6. The summed E-state index contributed by atoms with van der Waals surface area (Å²) >= 11 is 0. The fraction of sp³-hybridized carbons (Fsp3) is 0.500. The standard InChI is InChI=1S/C10H14N2O4S/c1-2-3-4-8-17(15,16)9-6-5-7-11-10(9)12(13)14/h5-7H,2-4,8H2,1H3. The topological polar surface area (TPSA) is 90.2 Å². The van der Waals surface area contributed by atoms with Crippen LogP contribution in [0.4, 0.5) is 5.82 Å². The first-order valence-electron chi connectivity index (χ1n) is 5.31. The molecule has 0 radical (unpaired) electrons. The molecule has 1 heterocycles. The summed E-state index contributed by atoms with van der Waals surface area (Å²) < 4.78 is 23.8. The molecule has 6 nitrogen and oxygen atoms in total. The third-order valence-electron chi connectivity index (χ3n) is 2.28. The van der Waals surface area contributed by atoms with Crippen LogP contribution in [0.1, 0.15) is 26.2 Å². The Labute approximate surface area is 99.8 Å². The number of aromatic nitrogens is 1. The highest BCUT2D eigenvalue weighted by Crippen LogP contribution is 2.22. The smallest absolute Gasteiger partial charge is 0.358 e. The Kier molecular flexibility index (Phi) is 4.56. The Balaban J connectivity index is 3.02. The molecule has 7 heteroatoms. The maximum atomic E-state index is 11.9. The number of sulfone groups is 1. The van der Waals surface area contributed by atoms with Crippen LogP contribution in [0.3, 0.4) is 0 Å². The first kappa shape index (κ1) is 13.6. The van der Waals surface area contributed by atoms with E-state index in [1.807, 2.05) is 6.92 Å². The molecule has 0 saturated heterocycles. The van der Waals surface area contributed by atoms with E-state index in [1.54, 1.807) is 0 Å². The predicted molar refractivity (Wildman–Crippen MR) is 62.5 cm³/mol. The summed E-state index contributed by atoms with van der Waals surface area (Å²) in [5.41, 5.74) is 0. The van der Waals surface area contributed by atoms with Gasteiger partial charge >= 0.3 is 5.82 Å². The zero-order valence-corrected chi connectivity index (χ0v) is 10.3. The summed E-state index contributed by atoms with van der Waals surface area (Å²) in [6, 6.07) is 2.62. The highest BCUT2D eigenvalue weighted by molar-refractivity contribution is 7.91. The van der Waals surface area contributed by atoms with E-state index >= 15 is 0 Å². The number of hydrogen-bond donors (Lipinski definition) is 0. The van der Waals surface area contributed by atoms with Gasteiger partial charge in [-0.3, -0.25) is 0 Å². The molecule has 0 N–H and O–H groups in total. The van der Waals surface area contributed by atoms with Gasteiger partial charge in [0.2, 0.25) is 0 Å². The van der Waals surface area contributed by atoms with Crippen molar-refractivity contribution in [2.45, 2.75) is 31.1 Å². The lowest BCUT2D eigenvalue weighted by atomic mass is 10.3. The van der Waals surface area contributed by atoms with Crippen LogP contribution >= 0.6 is 0 Å². The predicted octanol–water partition coefficient (Wildman–Crippen LogP) is 1.95. The Morgan fingerprint density at radius 1 is 1.41 bits per heavy atom. The van der Waals surface area contributed by atoms with Gasteiger partial charge in [0.1, 0.15) is 6.20 Å². The van der Waals surface area contributed by atoms with Crippen molar-refractivity contribution in [3.8, 4) is 0 Å². The van der Waals surface area contributed by atoms with Gasteiger partial charge in [-0.15, -0.1) is 0 Å². The van der Waals surface area contributed by atoms with Gasteiger partial charge in [0.25, 0.3) is 0 Å². The van der Waals surface area contributed by atoms with Crippen molar-refractivity contribution < 1.29 is 13.3 Å². The van der Waals surface area contributed by atoms with Gasteiger partial charge in [0, 0.05) is 0 Å². The number of nitro groups is 1. The summed E-state index contributed by atoms with van der Waals surface area (Å²) in [7, 11) is -3.61. The number of unbranched alkanes of at least 4 members (excludes halogenated alkanes) is 2. The van der Waals surface area contributed by atoms with E-state index < -0.39 is 20.6 Å². The molecule has 17 heavy (non-hydrogen) atoms. The van der Waals surface area contributed by atoms with Crippen molar-refractivity contribution in [3.63, 3.8) is 0 Å². The summed E-state index contributed by atoms with van der Waals surface area (Å²) in [6.45, 7) is 1.96. The van der Waals surface area contributed by atoms with E-state index in [1.165, 1.54) is 18.3 Å². The molecule has 0 aliphatic rings. The van der Waals surface area contributed by atoms with Crippen LogP contribution in [0.5, 0.6) is 0 Å². The first-order valence-corrected chi connectivity index (χ1v) is 6.96. The highest BCUT2D eigenvalue weighted by Gasteiger charge is 2.25.